The molecule has 0 radical (unpaired) electrons. The molecule has 5 heteroatoms. The zero-order valence-electron chi connectivity index (χ0n) is 7.55. The van der Waals surface area contributed by atoms with Gasteiger partial charge in [0.2, 0.25) is 0 Å². The minimum atomic E-state index is -4.49. The molecule has 0 heterocycles. The predicted molar refractivity (Wildman–Crippen MR) is 44.8 cm³/mol. The van der Waals surface area contributed by atoms with E-state index in [0.717, 1.165) is 18.2 Å². The van der Waals surface area contributed by atoms with E-state index < -0.39 is 29.6 Å². The summed E-state index contributed by atoms with van der Waals surface area (Å²) in [6.07, 6.45) is -4.99. The Labute approximate surface area is 83.3 Å². The Kier molecular flexibility index (Phi) is 2.22. The molecule has 1 aliphatic carbocycles. The lowest BCUT2D eigenvalue weighted by Crippen LogP contribution is -2.09. The van der Waals surface area contributed by atoms with Crippen molar-refractivity contribution in [1.29, 1.82) is 0 Å². The van der Waals surface area contributed by atoms with Crippen LogP contribution in [0.3, 0.4) is 0 Å². The van der Waals surface area contributed by atoms with Gasteiger partial charge < -0.3 is 5.11 Å². The zero-order chi connectivity index (χ0) is 11.2. The molecule has 0 unspecified atom stereocenters. The topological polar surface area (TPSA) is 20.2 Å². The van der Waals surface area contributed by atoms with E-state index in [4.69, 9.17) is 5.11 Å². The zero-order valence-corrected chi connectivity index (χ0v) is 7.55. The molecule has 1 aliphatic rings. The first kappa shape index (κ1) is 10.4. The highest BCUT2D eigenvalue weighted by atomic mass is 19.4. The summed E-state index contributed by atoms with van der Waals surface area (Å²) in [4.78, 5) is 0. The number of hydrogen-bond acceptors (Lipinski definition) is 1. The fraction of sp³-hybridized carbons (Fsp3) is 0.400. The van der Waals surface area contributed by atoms with E-state index in [1.807, 2.05) is 0 Å². The number of rotatable bonds is 1. The molecule has 0 aliphatic heterocycles. The molecule has 15 heavy (non-hydrogen) atoms. The highest BCUT2D eigenvalue weighted by Crippen LogP contribution is 2.46. The quantitative estimate of drug-likeness (QED) is 0.721. The average Bonchev–Trinajstić information content (AvgIpc) is 2.80. The van der Waals surface area contributed by atoms with Crippen molar-refractivity contribution >= 4 is 0 Å². The number of benzene rings is 1. The third-order valence-corrected chi connectivity index (χ3v) is 2.48. The smallest absolute Gasteiger partial charge is 0.392 e. The Morgan fingerprint density at radius 3 is 2.33 bits per heavy atom. The van der Waals surface area contributed by atoms with Gasteiger partial charge in [0.05, 0.1) is 11.7 Å². The number of aliphatic hydroxyl groups excluding tert-OH is 1. The van der Waals surface area contributed by atoms with E-state index in [9.17, 15) is 17.6 Å². The lowest BCUT2D eigenvalue weighted by molar-refractivity contribution is -0.138. The normalized spacial score (nSPS) is 25.4. The van der Waals surface area contributed by atoms with Crippen LogP contribution in [0.4, 0.5) is 17.6 Å². The molecular weight excluding hydrogens is 212 g/mol. The molecule has 1 nitrogen and oxygen atoms in total. The SMILES string of the molecule is O[C@@H]1C[C@@H]1c1cc(F)ccc1C(F)(F)F. The van der Waals surface area contributed by atoms with Crippen molar-refractivity contribution < 1.29 is 22.7 Å². The second kappa shape index (κ2) is 3.20. The van der Waals surface area contributed by atoms with Crippen LogP contribution in [0.1, 0.15) is 23.5 Å². The number of halogens is 4. The van der Waals surface area contributed by atoms with Gasteiger partial charge in [-0.25, -0.2) is 4.39 Å². The number of hydrogen-bond donors (Lipinski definition) is 1. The Morgan fingerprint density at radius 1 is 1.27 bits per heavy atom. The van der Waals surface area contributed by atoms with Crippen LogP contribution in [-0.4, -0.2) is 11.2 Å². The highest BCUT2D eigenvalue weighted by molar-refractivity contribution is 5.37. The van der Waals surface area contributed by atoms with Crippen LogP contribution in [0.25, 0.3) is 0 Å². The third kappa shape index (κ3) is 1.97. The van der Waals surface area contributed by atoms with Gasteiger partial charge in [-0.3, -0.25) is 0 Å². The summed E-state index contributed by atoms with van der Waals surface area (Å²) in [5.74, 6) is -1.28. The first-order valence-corrected chi connectivity index (χ1v) is 4.44. The summed E-state index contributed by atoms with van der Waals surface area (Å²) >= 11 is 0. The van der Waals surface area contributed by atoms with Crippen molar-refractivity contribution in [2.45, 2.75) is 24.6 Å². The Balaban J connectivity index is 2.45. The standard InChI is InChI=1S/C10H8F4O/c11-5-1-2-8(10(12,13)14)6(3-5)7-4-9(7)15/h1-3,7,9,15H,4H2/t7-,9-/m1/s1. The fourth-order valence-corrected chi connectivity index (χ4v) is 1.61. The Bertz CT molecular complexity index is 385. The summed E-state index contributed by atoms with van der Waals surface area (Å²) in [6, 6.07) is 2.35. The average molecular weight is 220 g/mol. The predicted octanol–water partition coefficient (Wildman–Crippen LogP) is 2.69. The van der Waals surface area contributed by atoms with E-state index in [0.29, 0.717) is 0 Å². The maximum absolute atomic E-state index is 12.8. The molecule has 0 bridgehead atoms. The summed E-state index contributed by atoms with van der Waals surface area (Å²) in [7, 11) is 0. The summed E-state index contributed by atoms with van der Waals surface area (Å²) < 4.78 is 50.3. The van der Waals surface area contributed by atoms with E-state index >= 15 is 0 Å². The van der Waals surface area contributed by atoms with E-state index in [2.05, 4.69) is 0 Å². The summed E-state index contributed by atoms with van der Waals surface area (Å²) in [6.45, 7) is 0. The van der Waals surface area contributed by atoms with Gasteiger partial charge in [0.25, 0.3) is 0 Å². The lowest BCUT2D eigenvalue weighted by Gasteiger charge is -2.12. The first-order valence-electron chi connectivity index (χ1n) is 4.44. The van der Waals surface area contributed by atoms with Crippen molar-refractivity contribution in [3.8, 4) is 0 Å². The van der Waals surface area contributed by atoms with Gasteiger partial charge in [0.15, 0.2) is 0 Å². The number of aliphatic hydroxyl groups is 1. The molecule has 0 spiro atoms. The van der Waals surface area contributed by atoms with Crippen molar-refractivity contribution in [3.05, 3.63) is 35.1 Å². The molecule has 1 fully saturated rings. The molecule has 0 aromatic heterocycles. The minimum absolute atomic E-state index is 0.144. The van der Waals surface area contributed by atoms with E-state index in [1.165, 1.54) is 0 Å². The second-order valence-corrected chi connectivity index (χ2v) is 3.64. The molecular formula is C10H8F4O. The second-order valence-electron chi connectivity index (χ2n) is 3.64. The van der Waals surface area contributed by atoms with Crippen molar-refractivity contribution in [2.24, 2.45) is 0 Å². The van der Waals surface area contributed by atoms with Crippen LogP contribution in [0.15, 0.2) is 18.2 Å². The van der Waals surface area contributed by atoms with Crippen LogP contribution in [0, 0.1) is 5.82 Å². The monoisotopic (exact) mass is 220 g/mol. The van der Waals surface area contributed by atoms with Gasteiger partial charge in [-0.05, 0) is 30.2 Å². The van der Waals surface area contributed by atoms with Gasteiger partial charge in [-0.2, -0.15) is 13.2 Å². The fourth-order valence-electron chi connectivity index (χ4n) is 1.61. The molecule has 1 N–H and O–H groups in total. The summed E-state index contributed by atoms with van der Waals surface area (Å²) in [5.41, 5.74) is -1.000. The third-order valence-electron chi connectivity index (χ3n) is 2.48. The highest BCUT2D eigenvalue weighted by Gasteiger charge is 2.43. The van der Waals surface area contributed by atoms with Gasteiger partial charge in [0.1, 0.15) is 5.82 Å². The largest absolute Gasteiger partial charge is 0.416 e. The minimum Gasteiger partial charge on any atom is -0.392 e. The Morgan fingerprint density at radius 2 is 1.87 bits per heavy atom. The van der Waals surface area contributed by atoms with Crippen LogP contribution >= 0.6 is 0 Å². The van der Waals surface area contributed by atoms with E-state index in [1.54, 1.807) is 0 Å². The first-order chi connectivity index (χ1) is 6.89. The van der Waals surface area contributed by atoms with Crippen LogP contribution in [-0.2, 0) is 6.18 Å². The lowest BCUT2D eigenvalue weighted by atomic mass is 10.0. The van der Waals surface area contributed by atoms with Crippen LogP contribution in [0.5, 0.6) is 0 Å². The maximum Gasteiger partial charge on any atom is 0.416 e. The van der Waals surface area contributed by atoms with Crippen molar-refractivity contribution in [2.75, 3.05) is 0 Å². The molecule has 1 aromatic carbocycles. The number of alkyl halides is 3. The molecule has 2 atom stereocenters. The van der Waals surface area contributed by atoms with Crippen molar-refractivity contribution in [3.63, 3.8) is 0 Å². The van der Waals surface area contributed by atoms with E-state index in [-0.39, 0.29) is 12.0 Å². The van der Waals surface area contributed by atoms with Gasteiger partial charge in [0, 0.05) is 5.92 Å². The molecule has 1 saturated carbocycles. The van der Waals surface area contributed by atoms with Gasteiger partial charge in [-0.15, -0.1) is 0 Å². The maximum atomic E-state index is 12.8. The summed E-state index contributed by atoms with van der Waals surface area (Å²) in [5, 5.41) is 9.07. The van der Waals surface area contributed by atoms with Gasteiger partial charge >= 0.3 is 6.18 Å². The molecule has 82 valence electrons. The molecule has 0 amide bonds. The Hall–Kier alpha value is -1.10. The molecule has 1 aromatic rings. The van der Waals surface area contributed by atoms with Gasteiger partial charge in [-0.1, -0.05) is 0 Å². The van der Waals surface area contributed by atoms with Crippen molar-refractivity contribution in [1.82, 2.24) is 0 Å². The molecule has 2 rings (SSSR count). The van der Waals surface area contributed by atoms with Crippen LogP contribution < -0.4 is 0 Å². The van der Waals surface area contributed by atoms with Crippen LogP contribution in [0.2, 0.25) is 0 Å². The molecule has 0 saturated heterocycles.